The summed E-state index contributed by atoms with van der Waals surface area (Å²) < 4.78 is 1.61. The molecular formula is C17H18N6O2S. The molecule has 0 bridgehead atoms. The third-order valence-electron chi connectivity index (χ3n) is 3.75. The number of carbonyl (C=O) groups excluding carboxylic acids is 2. The second-order valence-electron chi connectivity index (χ2n) is 6.03. The fraction of sp³-hybridized carbons (Fsp3) is 0.294. The topological polar surface area (TPSA) is 93.9 Å². The lowest BCUT2D eigenvalue weighted by atomic mass is 10.2. The Kier molecular flexibility index (Phi) is 4.99. The number of fused-ring (bicyclic) bond motifs is 1. The molecule has 0 spiro atoms. The Morgan fingerprint density at radius 2 is 1.85 bits per heavy atom. The molecule has 3 aromatic rings. The fourth-order valence-corrected chi connectivity index (χ4v) is 3.38. The van der Waals surface area contributed by atoms with E-state index < -0.39 is 5.25 Å². The molecule has 2 aromatic heterocycles. The van der Waals surface area contributed by atoms with E-state index in [0.717, 1.165) is 23.0 Å². The van der Waals surface area contributed by atoms with Crippen LogP contribution in [-0.4, -0.2) is 60.9 Å². The number of hydrogen-bond donors (Lipinski definition) is 0. The minimum atomic E-state index is -0.882. The predicted molar refractivity (Wildman–Crippen MR) is 98.2 cm³/mol. The molecule has 0 aliphatic carbocycles. The minimum Gasteiger partial charge on any atom is -0.347 e. The van der Waals surface area contributed by atoms with Gasteiger partial charge in [-0.05, 0) is 26.0 Å². The van der Waals surface area contributed by atoms with Crippen LogP contribution >= 0.6 is 11.8 Å². The molecule has 0 saturated carbocycles. The van der Waals surface area contributed by atoms with E-state index in [1.54, 1.807) is 18.8 Å². The van der Waals surface area contributed by atoms with Crippen molar-refractivity contribution in [3.8, 4) is 5.69 Å². The van der Waals surface area contributed by atoms with E-state index in [0.29, 0.717) is 16.2 Å². The molecule has 0 fully saturated rings. The largest absolute Gasteiger partial charge is 0.347 e. The monoisotopic (exact) mass is 370 g/mol. The van der Waals surface area contributed by atoms with Gasteiger partial charge >= 0.3 is 0 Å². The van der Waals surface area contributed by atoms with Gasteiger partial charge in [-0.2, -0.15) is 4.68 Å². The Hall–Kier alpha value is -2.81. The molecule has 1 atom stereocenters. The summed E-state index contributed by atoms with van der Waals surface area (Å²) in [5, 5.41) is 7.89. The molecule has 0 aliphatic rings. The van der Waals surface area contributed by atoms with Crippen LogP contribution in [0.4, 0.5) is 0 Å². The molecule has 1 amide bonds. The molecule has 0 radical (unpaired) electrons. The van der Waals surface area contributed by atoms with E-state index in [2.05, 4.69) is 20.3 Å². The number of aryl methyl sites for hydroxylation is 1. The van der Waals surface area contributed by atoms with E-state index in [4.69, 9.17) is 0 Å². The molecule has 9 heteroatoms. The Labute approximate surface area is 154 Å². The number of carbonyl (C=O) groups is 2. The Morgan fingerprint density at radius 3 is 2.46 bits per heavy atom. The molecule has 0 unspecified atom stereocenters. The first kappa shape index (κ1) is 18.0. The number of rotatable bonds is 5. The molecular weight excluding hydrogens is 352 g/mol. The zero-order chi connectivity index (χ0) is 18.8. The van der Waals surface area contributed by atoms with Crippen molar-refractivity contribution in [2.24, 2.45) is 0 Å². The minimum absolute atomic E-state index is 0.244. The molecule has 1 aromatic carbocycles. The standard InChI is InChI=1S/C17H18N6O2S/c1-10-5-7-12(8-6-10)23-15-13(20-21-23)16(19-9-18-15)26-14(11(2)24)17(25)22(3)4/h5-9,14H,1-4H3/t14-/m1/s1. The highest BCUT2D eigenvalue weighted by Crippen LogP contribution is 2.28. The number of nitrogens with zero attached hydrogens (tertiary/aromatic N) is 6. The number of ketones is 1. The first-order chi connectivity index (χ1) is 12.4. The van der Waals surface area contributed by atoms with Crippen molar-refractivity contribution in [3.05, 3.63) is 36.2 Å². The van der Waals surface area contributed by atoms with Crippen molar-refractivity contribution < 1.29 is 9.59 Å². The van der Waals surface area contributed by atoms with E-state index in [1.807, 2.05) is 31.2 Å². The van der Waals surface area contributed by atoms with Crippen LogP contribution in [0.5, 0.6) is 0 Å². The lowest BCUT2D eigenvalue weighted by Crippen LogP contribution is -2.36. The summed E-state index contributed by atoms with van der Waals surface area (Å²) in [6, 6.07) is 7.79. The number of thioether (sulfide) groups is 1. The maximum Gasteiger partial charge on any atom is 0.243 e. The molecule has 0 N–H and O–H groups in total. The Balaban J connectivity index is 2.02. The van der Waals surface area contributed by atoms with Gasteiger partial charge in [-0.25, -0.2) is 9.97 Å². The number of amides is 1. The molecule has 2 heterocycles. The second-order valence-corrected chi connectivity index (χ2v) is 7.12. The lowest BCUT2D eigenvalue weighted by molar-refractivity contribution is -0.132. The van der Waals surface area contributed by atoms with Crippen molar-refractivity contribution in [2.75, 3.05) is 14.1 Å². The van der Waals surface area contributed by atoms with Gasteiger partial charge in [-0.15, -0.1) is 5.10 Å². The SMILES string of the molecule is CC(=O)[C@@H](Sc1ncnc2c1nnn2-c1ccc(C)cc1)C(=O)N(C)C. The van der Waals surface area contributed by atoms with Crippen LogP contribution in [0.15, 0.2) is 35.6 Å². The summed E-state index contributed by atoms with van der Waals surface area (Å²) in [4.78, 5) is 34.1. The van der Waals surface area contributed by atoms with Crippen molar-refractivity contribution in [2.45, 2.75) is 24.1 Å². The molecule has 26 heavy (non-hydrogen) atoms. The van der Waals surface area contributed by atoms with E-state index >= 15 is 0 Å². The van der Waals surface area contributed by atoms with Crippen LogP contribution in [0.2, 0.25) is 0 Å². The summed E-state index contributed by atoms with van der Waals surface area (Å²) in [5.74, 6) is -0.536. The average molecular weight is 370 g/mol. The van der Waals surface area contributed by atoms with Gasteiger partial charge in [0, 0.05) is 14.1 Å². The van der Waals surface area contributed by atoms with Crippen molar-refractivity contribution in [1.29, 1.82) is 0 Å². The molecule has 134 valence electrons. The first-order valence-corrected chi connectivity index (χ1v) is 8.78. The Morgan fingerprint density at radius 1 is 1.15 bits per heavy atom. The maximum absolute atomic E-state index is 12.3. The van der Waals surface area contributed by atoms with Gasteiger partial charge in [0.05, 0.1) is 5.69 Å². The number of benzene rings is 1. The molecule has 0 saturated heterocycles. The normalized spacial score (nSPS) is 12.2. The van der Waals surface area contributed by atoms with Crippen molar-refractivity contribution >= 4 is 34.6 Å². The summed E-state index contributed by atoms with van der Waals surface area (Å²) in [7, 11) is 3.23. The third-order valence-corrected chi connectivity index (χ3v) is 5.04. The Bertz CT molecular complexity index is 967. The number of Topliss-reactive ketones (excluding diaryl/α,β-unsaturated/α-hetero) is 1. The van der Waals surface area contributed by atoms with Gasteiger partial charge in [0.1, 0.15) is 16.6 Å². The van der Waals surface area contributed by atoms with Crippen LogP contribution in [-0.2, 0) is 9.59 Å². The number of aromatic nitrogens is 5. The van der Waals surface area contributed by atoms with Gasteiger partial charge in [-0.3, -0.25) is 9.59 Å². The van der Waals surface area contributed by atoms with Gasteiger partial charge in [0.15, 0.2) is 16.9 Å². The first-order valence-electron chi connectivity index (χ1n) is 7.90. The van der Waals surface area contributed by atoms with Crippen LogP contribution in [0.25, 0.3) is 16.9 Å². The summed E-state index contributed by atoms with van der Waals surface area (Å²) in [6.07, 6.45) is 1.38. The zero-order valence-corrected chi connectivity index (χ0v) is 15.7. The van der Waals surface area contributed by atoms with Crippen LogP contribution < -0.4 is 0 Å². The molecule has 8 nitrogen and oxygen atoms in total. The quantitative estimate of drug-likeness (QED) is 0.383. The van der Waals surface area contributed by atoms with Crippen LogP contribution in [0, 0.1) is 6.92 Å². The van der Waals surface area contributed by atoms with Crippen molar-refractivity contribution in [1.82, 2.24) is 29.9 Å². The fourth-order valence-electron chi connectivity index (χ4n) is 2.33. The van der Waals surface area contributed by atoms with Gasteiger partial charge in [0.25, 0.3) is 0 Å². The molecule has 3 rings (SSSR count). The van der Waals surface area contributed by atoms with Gasteiger partial charge in [-0.1, -0.05) is 34.7 Å². The van der Waals surface area contributed by atoms with E-state index in [1.165, 1.54) is 18.2 Å². The highest BCUT2D eigenvalue weighted by molar-refractivity contribution is 8.01. The summed E-state index contributed by atoms with van der Waals surface area (Å²) in [6.45, 7) is 3.39. The zero-order valence-electron chi connectivity index (χ0n) is 14.9. The summed E-state index contributed by atoms with van der Waals surface area (Å²) in [5.41, 5.74) is 2.93. The van der Waals surface area contributed by atoms with Gasteiger partial charge in [0.2, 0.25) is 5.91 Å². The maximum atomic E-state index is 12.3. The highest BCUT2D eigenvalue weighted by atomic mass is 32.2. The highest BCUT2D eigenvalue weighted by Gasteiger charge is 2.28. The van der Waals surface area contributed by atoms with Gasteiger partial charge < -0.3 is 4.90 Å². The average Bonchev–Trinajstić information content (AvgIpc) is 3.04. The second kappa shape index (κ2) is 7.20. The van der Waals surface area contributed by atoms with Crippen molar-refractivity contribution in [3.63, 3.8) is 0 Å². The summed E-state index contributed by atoms with van der Waals surface area (Å²) >= 11 is 1.07. The third kappa shape index (κ3) is 3.43. The lowest BCUT2D eigenvalue weighted by Gasteiger charge is -2.17. The van der Waals surface area contributed by atoms with E-state index in [9.17, 15) is 9.59 Å². The number of hydrogen-bond acceptors (Lipinski definition) is 7. The van der Waals surface area contributed by atoms with E-state index in [-0.39, 0.29) is 11.7 Å². The van der Waals surface area contributed by atoms with Crippen LogP contribution in [0.3, 0.4) is 0 Å². The smallest absolute Gasteiger partial charge is 0.243 e. The van der Waals surface area contributed by atoms with Crippen LogP contribution in [0.1, 0.15) is 12.5 Å². The molecule has 0 aliphatic heterocycles. The predicted octanol–water partition coefficient (Wildman–Crippen LogP) is 1.66.